The Morgan fingerprint density at radius 1 is 0.917 bits per heavy atom. The van der Waals surface area contributed by atoms with E-state index in [4.69, 9.17) is 0 Å². The first-order valence-electron chi connectivity index (χ1n) is 11.7. The minimum Gasteiger partial charge on any atom is -0.321 e. The van der Waals surface area contributed by atoms with Crippen LogP contribution < -0.4 is 9.62 Å². The molecule has 5 nitrogen and oxygen atoms in total. The average Bonchev–Trinajstić information content (AvgIpc) is 3.21. The van der Waals surface area contributed by atoms with E-state index in [0.29, 0.717) is 17.7 Å². The molecule has 4 aromatic carbocycles. The minimum absolute atomic E-state index is 0.230. The Balaban J connectivity index is 1.39. The molecule has 36 heavy (non-hydrogen) atoms. The molecule has 4 aromatic rings. The number of nitrogens with one attached hydrogen (secondary N) is 1. The van der Waals surface area contributed by atoms with Crippen LogP contribution in [-0.4, -0.2) is 20.4 Å². The standard InChI is InChI=1S/C29H26N2O3S2/c1-20-12-15-25(16-13-20)36(33,34)31-21(2)18-23-19-22(14-17-27(23)31)29(32)30-26-10-6-7-11-28(26)35-24-8-4-3-5-9-24/h3-17,19,21H,18H2,1-2H3,(H,30,32)/t21-/m0/s1. The summed E-state index contributed by atoms with van der Waals surface area (Å²) in [6.45, 7) is 3.82. The van der Waals surface area contributed by atoms with E-state index in [0.717, 1.165) is 26.6 Å². The second-order valence-electron chi connectivity index (χ2n) is 8.88. The van der Waals surface area contributed by atoms with Gasteiger partial charge in [-0.2, -0.15) is 0 Å². The van der Waals surface area contributed by atoms with Gasteiger partial charge in [-0.15, -0.1) is 0 Å². The minimum atomic E-state index is -3.71. The number of nitrogens with zero attached hydrogens (tertiary/aromatic N) is 1. The van der Waals surface area contributed by atoms with Gasteiger partial charge in [-0.3, -0.25) is 9.10 Å². The van der Waals surface area contributed by atoms with Gasteiger partial charge in [0.05, 0.1) is 16.3 Å². The molecule has 1 atom stereocenters. The van der Waals surface area contributed by atoms with E-state index in [1.54, 1.807) is 54.2 Å². The van der Waals surface area contributed by atoms with Crippen molar-refractivity contribution in [3.63, 3.8) is 0 Å². The molecule has 0 aromatic heterocycles. The number of carbonyl (C=O) groups excluding carboxylic acids is 1. The molecule has 0 saturated carbocycles. The molecule has 1 aliphatic heterocycles. The number of sulfonamides is 1. The summed E-state index contributed by atoms with van der Waals surface area (Å²) in [7, 11) is -3.71. The van der Waals surface area contributed by atoms with Crippen LogP contribution in [0.4, 0.5) is 11.4 Å². The van der Waals surface area contributed by atoms with Crippen molar-refractivity contribution in [1.29, 1.82) is 0 Å². The van der Waals surface area contributed by atoms with Crippen LogP contribution in [0.25, 0.3) is 0 Å². The quantitative estimate of drug-likeness (QED) is 0.317. The third-order valence-corrected chi connectivity index (χ3v) is 9.20. The van der Waals surface area contributed by atoms with Crippen LogP contribution in [0.5, 0.6) is 0 Å². The Hall–Kier alpha value is -3.55. The summed E-state index contributed by atoms with van der Waals surface area (Å²) in [5, 5.41) is 3.03. The molecule has 1 amide bonds. The lowest BCUT2D eigenvalue weighted by atomic mass is 10.1. The normalized spacial score (nSPS) is 14.9. The Kier molecular flexibility index (Phi) is 6.60. The first kappa shape index (κ1) is 24.2. The summed E-state index contributed by atoms with van der Waals surface area (Å²) < 4.78 is 28.3. The Morgan fingerprint density at radius 2 is 1.61 bits per heavy atom. The SMILES string of the molecule is Cc1ccc(S(=O)(=O)N2c3ccc(C(=O)Nc4ccccc4Sc4ccccc4)cc3C[C@@H]2C)cc1. The molecule has 1 N–H and O–H groups in total. The summed E-state index contributed by atoms with van der Waals surface area (Å²) in [6.07, 6.45) is 0.544. The van der Waals surface area contributed by atoms with Gasteiger partial charge in [0.15, 0.2) is 0 Å². The highest BCUT2D eigenvalue weighted by atomic mass is 32.2. The van der Waals surface area contributed by atoms with Gasteiger partial charge in [-0.05, 0) is 80.4 Å². The van der Waals surface area contributed by atoms with Gasteiger partial charge >= 0.3 is 0 Å². The van der Waals surface area contributed by atoms with Crippen molar-refractivity contribution in [2.45, 2.75) is 41.0 Å². The zero-order valence-electron chi connectivity index (χ0n) is 20.0. The number of hydrogen-bond acceptors (Lipinski definition) is 4. The topological polar surface area (TPSA) is 66.5 Å². The number of carbonyl (C=O) groups is 1. The molecule has 0 bridgehead atoms. The fourth-order valence-electron chi connectivity index (χ4n) is 4.40. The first-order valence-corrected chi connectivity index (χ1v) is 14.0. The molecule has 0 unspecified atom stereocenters. The van der Waals surface area contributed by atoms with Crippen LogP contribution in [0.1, 0.15) is 28.4 Å². The lowest BCUT2D eigenvalue weighted by Gasteiger charge is -2.24. The van der Waals surface area contributed by atoms with Crippen LogP contribution in [0, 0.1) is 6.92 Å². The molecule has 182 valence electrons. The molecule has 7 heteroatoms. The maximum Gasteiger partial charge on any atom is 0.264 e. The first-order chi connectivity index (χ1) is 17.3. The maximum absolute atomic E-state index is 13.4. The smallest absolute Gasteiger partial charge is 0.264 e. The summed E-state index contributed by atoms with van der Waals surface area (Å²) in [5.41, 5.74) is 3.70. The zero-order valence-corrected chi connectivity index (χ0v) is 21.6. The van der Waals surface area contributed by atoms with Crippen molar-refractivity contribution in [3.05, 3.63) is 114 Å². The van der Waals surface area contributed by atoms with Gasteiger partial charge in [0.2, 0.25) is 0 Å². The van der Waals surface area contributed by atoms with Gasteiger partial charge in [0, 0.05) is 21.4 Å². The van der Waals surface area contributed by atoms with Gasteiger partial charge in [0.1, 0.15) is 0 Å². The van der Waals surface area contributed by atoms with E-state index < -0.39 is 10.0 Å². The Bertz CT molecular complexity index is 1520. The van der Waals surface area contributed by atoms with Gasteiger partial charge in [-0.25, -0.2) is 8.42 Å². The number of hydrogen-bond donors (Lipinski definition) is 1. The molecule has 0 spiro atoms. The second-order valence-corrected chi connectivity index (χ2v) is 11.8. The molecule has 1 aliphatic rings. The van der Waals surface area contributed by atoms with E-state index in [1.165, 1.54) is 4.31 Å². The van der Waals surface area contributed by atoms with Gasteiger partial charge in [0.25, 0.3) is 15.9 Å². The Labute approximate surface area is 216 Å². The lowest BCUT2D eigenvalue weighted by Crippen LogP contribution is -2.35. The summed E-state index contributed by atoms with van der Waals surface area (Å²) in [6, 6.07) is 29.6. The summed E-state index contributed by atoms with van der Waals surface area (Å²) >= 11 is 1.59. The number of rotatable bonds is 6. The predicted molar refractivity (Wildman–Crippen MR) is 145 cm³/mol. The second kappa shape index (κ2) is 9.84. The number of aryl methyl sites for hydroxylation is 1. The van der Waals surface area contributed by atoms with E-state index >= 15 is 0 Å². The van der Waals surface area contributed by atoms with E-state index in [-0.39, 0.29) is 16.8 Å². The summed E-state index contributed by atoms with van der Waals surface area (Å²) in [5.74, 6) is -0.230. The van der Waals surface area contributed by atoms with Crippen molar-refractivity contribution < 1.29 is 13.2 Å². The van der Waals surface area contributed by atoms with Crippen LogP contribution >= 0.6 is 11.8 Å². The highest BCUT2D eigenvalue weighted by Crippen LogP contribution is 2.38. The van der Waals surface area contributed by atoms with Crippen LogP contribution in [-0.2, 0) is 16.4 Å². The van der Waals surface area contributed by atoms with E-state index in [9.17, 15) is 13.2 Å². The third kappa shape index (κ3) is 4.76. The highest BCUT2D eigenvalue weighted by molar-refractivity contribution is 7.99. The number of fused-ring (bicyclic) bond motifs is 1. The zero-order chi connectivity index (χ0) is 25.3. The van der Waals surface area contributed by atoms with Gasteiger partial charge in [-0.1, -0.05) is 59.8 Å². The molecule has 0 radical (unpaired) electrons. The van der Waals surface area contributed by atoms with Crippen molar-refractivity contribution in [1.82, 2.24) is 0 Å². The fourth-order valence-corrected chi connectivity index (χ4v) is 7.02. The van der Waals surface area contributed by atoms with Crippen molar-refractivity contribution in [2.75, 3.05) is 9.62 Å². The fraction of sp³-hybridized carbons (Fsp3) is 0.138. The van der Waals surface area contributed by atoms with Crippen LogP contribution in [0.2, 0.25) is 0 Å². The number of para-hydroxylation sites is 1. The van der Waals surface area contributed by atoms with Crippen LogP contribution in [0.3, 0.4) is 0 Å². The molecule has 5 rings (SSSR count). The van der Waals surface area contributed by atoms with E-state index in [1.807, 2.05) is 68.4 Å². The predicted octanol–water partition coefficient (Wildman–Crippen LogP) is 6.54. The van der Waals surface area contributed by atoms with Crippen molar-refractivity contribution in [2.24, 2.45) is 0 Å². The number of amides is 1. The molecular weight excluding hydrogens is 488 g/mol. The monoisotopic (exact) mass is 514 g/mol. The highest BCUT2D eigenvalue weighted by Gasteiger charge is 2.36. The average molecular weight is 515 g/mol. The molecule has 0 fully saturated rings. The number of benzene rings is 4. The Morgan fingerprint density at radius 3 is 2.36 bits per heavy atom. The lowest BCUT2D eigenvalue weighted by molar-refractivity contribution is 0.102. The summed E-state index contributed by atoms with van der Waals surface area (Å²) in [4.78, 5) is 15.5. The van der Waals surface area contributed by atoms with Crippen LogP contribution in [0.15, 0.2) is 112 Å². The maximum atomic E-state index is 13.4. The molecule has 1 heterocycles. The third-order valence-electron chi connectivity index (χ3n) is 6.18. The largest absolute Gasteiger partial charge is 0.321 e. The van der Waals surface area contributed by atoms with E-state index in [2.05, 4.69) is 5.32 Å². The number of anilines is 2. The van der Waals surface area contributed by atoms with Gasteiger partial charge < -0.3 is 5.32 Å². The molecule has 0 aliphatic carbocycles. The molecule has 0 saturated heterocycles. The molecular formula is C29H26N2O3S2. The van der Waals surface area contributed by atoms with Crippen molar-refractivity contribution in [3.8, 4) is 0 Å². The van der Waals surface area contributed by atoms with Crippen molar-refractivity contribution >= 4 is 39.1 Å².